The first-order chi connectivity index (χ1) is 15.0. The van der Waals surface area contributed by atoms with Gasteiger partial charge in [0.05, 0.1) is 13.2 Å². The van der Waals surface area contributed by atoms with E-state index in [1.165, 1.54) is 0 Å². The van der Waals surface area contributed by atoms with E-state index in [0.29, 0.717) is 30.1 Å². The molecule has 0 aliphatic rings. The Morgan fingerprint density at radius 1 is 0.742 bits per heavy atom. The molecule has 0 saturated carbocycles. The monoisotopic (exact) mass is 436 g/mol. The molecular formula is C25H24O5S. The van der Waals surface area contributed by atoms with Crippen LogP contribution in [0.2, 0.25) is 0 Å². The third kappa shape index (κ3) is 4.16. The Balaban J connectivity index is 1.90. The minimum atomic E-state index is -4.16. The second kappa shape index (κ2) is 8.86. The van der Waals surface area contributed by atoms with Crippen molar-refractivity contribution in [3.8, 4) is 17.2 Å². The highest BCUT2D eigenvalue weighted by atomic mass is 32.2. The molecule has 0 heterocycles. The summed E-state index contributed by atoms with van der Waals surface area (Å²) in [6.07, 6.45) is 0.767. The van der Waals surface area contributed by atoms with E-state index in [9.17, 15) is 8.42 Å². The molecule has 0 amide bonds. The van der Waals surface area contributed by atoms with Crippen LogP contribution in [0.5, 0.6) is 17.2 Å². The summed E-state index contributed by atoms with van der Waals surface area (Å²) in [7, 11) is -4.16. The van der Waals surface area contributed by atoms with Gasteiger partial charge in [-0.2, -0.15) is 8.42 Å². The molecule has 31 heavy (non-hydrogen) atoms. The van der Waals surface area contributed by atoms with Crippen LogP contribution >= 0.6 is 0 Å². The van der Waals surface area contributed by atoms with Crippen LogP contribution in [-0.4, -0.2) is 21.6 Å². The fourth-order valence-corrected chi connectivity index (χ4v) is 4.70. The zero-order valence-electron chi connectivity index (χ0n) is 17.5. The van der Waals surface area contributed by atoms with E-state index < -0.39 is 10.1 Å². The van der Waals surface area contributed by atoms with E-state index in [4.69, 9.17) is 13.7 Å². The molecule has 0 atom stereocenters. The van der Waals surface area contributed by atoms with Gasteiger partial charge >= 0.3 is 10.1 Å². The van der Waals surface area contributed by atoms with Crippen molar-refractivity contribution in [2.75, 3.05) is 13.2 Å². The zero-order chi connectivity index (χ0) is 21.8. The van der Waals surface area contributed by atoms with Crippen molar-refractivity contribution in [3.05, 3.63) is 72.8 Å². The summed E-state index contributed by atoms with van der Waals surface area (Å²) in [5.41, 5.74) is 0. The molecular weight excluding hydrogens is 412 g/mol. The van der Waals surface area contributed by atoms with E-state index in [0.717, 1.165) is 22.6 Å². The smallest absolute Gasteiger partial charge is 0.340 e. The second-order valence-corrected chi connectivity index (χ2v) is 8.57. The maximum atomic E-state index is 13.4. The molecule has 4 rings (SSSR count). The predicted octanol–water partition coefficient (Wildman–Crippen LogP) is 5.95. The largest absolute Gasteiger partial charge is 0.490 e. The lowest BCUT2D eigenvalue weighted by atomic mass is 10.1. The second-order valence-electron chi connectivity index (χ2n) is 7.05. The van der Waals surface area contributed by atoms with Gasteiger partial charge in [0.2, 0.25) is 5.75 Å². The quantitative estimate of drug-likeness (QED) is 0.320. The van der Waals surface area contributed by atoms with Crippen molar-refractivity contribution in [3.63, 3.8) is 0 Å². The van der Waals surface area contributed by atoms with Gasteiger partial charge in [0.1, 0.15) is 4.90 Å². The molecule has 160 valence electrons. The van der Waals surface area contributed by atoms with Crippen molar-refractivity contribution >= 4 is 31.7 Å². The van der Waals surface area contributed by atoms with Crippen LogP contribution in [0, 0.1) is 0 Å². The van der Waals surface area contributed by atoms with Crippen molar-refractivity contribution in [2.45, 2.75) is 25.2 Å². The average molecular weight is 437 g/mol. The van der Waals surface area contributed by atoms with Crippen LogP contribution in [0.1, 0.15) is 20.3 Å². The van der Waals surface area contributed by atoms with Gasteiger partial charge in [0.15, 0.2) is 11.5 Å². The first-order valence-electron chi connectivity index (χ1n) is 10.3. The molecule has 0 radical (unpaired) electrons. The zero-order valence-corrected chi connectivity index (χ0v) is 18.3. The van der Waals surface area contributed by atoms with E-state index in [2.05, 4.69) is 0 Å². The Kier molecular flexibility index (Phi) is 6.00. The Labute approximate surface area is 182 Å². The number of rotatable bonds is 8. The van der Waals surface area contributed by atoms with Crippen LogP contribution < -0.4 is 13.7 Å². The summed E-state index contributed by atoms with van der Waals surface area (Å²) >= 11 is 0. The topological polar surface area (TPSA) is 61.8 Å². The maximum Gasteiger partial charge on any atom is 0.340 e. The summed E-state index contributed by atoms with van der Waals surface area (Å²) in [5.74, 6) is 0.769. The molecule has 0 aliphatic heterocycles. The molecule has 0 fully saturated rings. The summed E-state index contributed by atoms with van der Waals surface area (Å²) in [6.45, 7) is 4.60. The molecule has 6 heteroatoms. The van der Waals surface area contributed by atoms with Crippen molar-refractivity contribution in [2.24, 2.45) is 0 Å². The normalized spacial score (nSPS) is 11.5. The summed E-state index contributed by atoms with van der Waals surface area (Å²) < 4.78 is 44.3. The van der Waals surface area contributed by atoms with E-state index in [1.807, 2.05) is 56.3 Å². The lowest BCUT2D eigenvalue weighted by Crippen LogP contribution is -2.13. The first-order valence-corrected chi connectivity index (χ1v) is 11.7. The molecule has 0 N–H and O–H groups in total. The highest BCUT2D eigenvalue weighted by molar-refractivity contribution is 7.87. The summed E-state index contributed by atoms with van der Waals surface area (Å²) in [6, 6.07) is 21.8. The Hall–Kier alpha value is -3.25. The molecule has 0 aromatic heterocycles. The Bertz CT molecular complexity index is 1320. The van der Waals surface area contributed by atoms with E-state index >= 15 is 0 Å². The summed E-state index contributed by atoms with van der Waals surface area (Å²) in [5, 5.41) is 3.06. The van der Waals surface area contributed by atoms with Crippen LogP contribution in [0.3, 0.4) is 0 Å². The van der Waals surface area contributed by atoms with Gasteiger partial charge in [0.25, 0.3) is 0 Å². The minimum absolute atomic E-state index is 0.0712. The third-order valence-corrected chi connectivity index (χ3v) is 6.17. The number of ether oxygens (including phenoxy) is 2. The van der Waals surface area contributed by atoms with Gasteiger partial charge in [-0.05, 0) is 36.2 Å². The van der Waals surface area contributed by atoms with Crippen LogP contribution in [0.15, 0.2) is 77.7 Å². The van der Waals surface area contributed by atoms with Crippen molar-refractivity contribution < 1.29 is 22.1 Å². The highest BCUT2D eigenvalue weighted by Crippen LogP contribution is 2.45. The third-order valence-electron chi connectivity index (χ3n) is 4.88. The van der Waals surface area contributed by atoms with E-state index in [1.54, 1.807) is 30.3 Å². The standard InChI is InChI=1S/C25H24O5S/c1-3-16-29-24-21-14-8-6-11-19(21)17-22(28-4-2)25(24)30-31(26,27)23-15-9-12-18-10-5-7-13-20(18)23/h5-15,17H,3-4,16H2,1-2H3. The molecule has 0 bridgehead atoms. The highest BCUT2D eigenvalue weighted by Gasteiger charge is 2.26. The number of hydrogen-bond acceptors (Lipinski definition) is 5. The van der Waals surface area contributed by atoms with Gasteiger partial charge in [0, 0.05) is 10.8 Å². The maximum absolute atomic E-state index is 13.4. The average Bonchev–Trinajstić information content (AvgIpc) is 2.78. The molecule has 0 saturated heterocycles. The van der Waals surface area contributed by atoms with Gasteiger partial charge in [-0.15, -0.1) is 0 Å². The van der Waals surface area contributed by atoms with Crippen molar-refractivity contribution in [1.29, 1.82) is 0 Å². The van der Waals surface area contributed by atoms with Crippen LogP contribution in [-0.2, 0) is 10.1 Å². The molecule has 0 aliphatic carbocycles. The molecule has 4 aromatic carbocycles. The van der Waals surface area contributed by atoms with Crippen LogP contribution in [0.25, 0.3) is 21.5 Å². The molecule has 4 aromatic rings. The predicted molar refractivity (Wildman–Crippen MR) is 123 cm³/mol. The van der Waals surface area contributed by atoms with Gasteiger partial charge in [-0.25, -0.2) is 0 Å². The number of hydrogen-bond donors (Lipinski definition) is 0. The van der Waals surface area contributed by atoms with E-state index in [-0.39, 0.29) is 10.6 Å². The minimum Gasteiger partial charge on any atom is -0.490 e. The lowest BCUT2D eigenvalue weighted by molar-refractivity contribution is 0.295. The number of fused-ring (bicyclic) bond motifs is 2. The Morgan fingerprint density at radius 2 is 1.42 bits per heavy atom. The fourth-order valence-electron chi connectivity index (χ4n) is 3.53. The first kappa shape index (κ1) is 21.0. The van der Waals surface area contributed by atoms with Crippen molar-refractivity contribution in [1.82, 2.24) is 0 Å². The lowest BCUT2D eigenvalue weighted by Gasteiger charge is -2.19. The number of benzene rings is 4. The SMILES string of the molecule is CCCOc1c(OS(=O)(=O)c2cccc3ccccc23)c(OCC)cc2ccccc12. The molecule has 5 nitrogen and oxygen atoms in total. The molecule has 0 unspecified atom stereocenters. The fraction of sp³-hybridized carbons (Fsp3) is 0.200. The van der Waals surface area contributed by atoms with Gasteiger partial charge < -0.3 is 13.7 Å². The molecule has 0 spiro atoms. The Morgan fingerprint density at radius 3 is 2.16 bits per heavy atom. The van der Waals surface area contributed by atoms with Gasteiger partial charge in [-0.1, -0.05) is 67.6 Å². The van der Waals surface area contributed by atoms with Crippen LogP contribution in [0.4, 0.5) is 0 Å². The van der Waals surface area contributed by atoms with Gasteiger partial charge in [-0.3, -0.25) is 0 Å². The summed E-state index contributed by atoms with van der Waals surface area (Å²) in [4.78, 5) is 0.0997.